The molecule has 7 nitrogen and oxygen atoms in total. The predicted molar refractivity (Wildman–Crippen MR) is 114 cm³/mol. The smallest absolute Gasteiger partial charge is 0.264 e. The van der Waals surface area contributed by atoms with Crippen LogP contribution < -0.4 is 4.72 Å². The topological polar surface area (TPSA) is 92.3 Å². The third-order valence-corrected chi connectivity index (χ3v) is 7.36. The first-order valence-electron chi connectivity index (χ1n) is 9.14. The van der Waals surface area contributed by atoms with E-state index in [0.717, 1.165) is 24.6 Å². The Morgan fingerprint density at radius 3 is 2.62 bits per heavy atom. The highest BCUT2D eigenvalue weighted by Gasteiger charge is 2.33. The quantitative estimate of drug-likeness (QED) is 0.644. The van der Waals surface area contributed by atoms with Gasteiger partial charge in [0, 0.05) is 17.1 Å². The number of hydrogen-bond acceptors (Lipinski definition) is 6. The number of aromatic nitrogens is 2. The second-order valence-electron chi connectivity index (χ2n) is 7.17. The van der Waals surface area contributed by atoms with Gasteiger partial charge in [0.15, 0.2) is 0 Å². The summed E-state index contributed by atoms with van der Waals surface area (Å²) in [6.07, 6.45) is 1.83. The number of benzene rings is 2. The number of nitrogens with one attached hydrogen (secondary N) is 1. The molecule has 1 aliphatic rings. The molecule has 1 fully saturated rings. The lowest BCUT2D eigenvalue weighted by Crippen LogP contribution is -2.39. The fourth-order valence-electron chi connectivity index (χ4n) is 3.72. The van der Waals surface area contributed by atoms with Gasteiger partial charge in [-0.1, -0.05) is 17.7 Å². The molecule has 2 heterocycles. The van der Waals surface area contributed by atoms with Crippen molar-refractivity contribution in [1.82, 2.24) is 13.6 Å². The summed E-state index contributed by atoms with van der Waals surface area (Å²) in [5.41, 5.74) is 1.21. The third-order valence-electron chi connectivity index (χ3n) is 5.18. The van der Waals surface area contributed by atoms with Crippen LogP contribution in [-0.2, 0) is 10.0 Å². The molecule has 10 heteroatoms. The molecule has 1 amide bonds. The van der Waals surface area contributed by atoms with Crippen LogP contribution in [0.25, 0.3) is 11.0 Å². The van der Waals surface area contributed by atoms with E-state index in [4.69, 9.17) is 11.6 Å². The summed E-state index contributed by atoms with van der Waals surface area (Å²) >= 11 is 7.05. The molecule has 2 unspecified atom stereocenters. The van der Waals surface area contributed by atoms with Crippen molar-refractivity contribution in [2.45, 2.75) is 43.7 Å². The van der Waals surface area contributed by atoms with Crippen molar-refractivity contribution in [3.05, 3.63) is 47.0 Å². The van der Waals surface area contributed by atoms with Crippen molar-refractivity contribution in [3.63, 3.8) is 0 Å². The average molecular weight is 451 g/mol. The Bertz CT molecular complexity index is 1190. The average Bonchev–Trinajstić information content (AvgIpc) is 3.27. The van der Waals surface area contributed by atoms with Crippen LogP contribution >= 0.6 is 23.3 Å². The fourth-order valence-corrected chi connectivity index (χ4v) is 5.73. The maximum absolute atomic E-state index is 13.2. The van der Waals surface area contributed by atoms with Gasteiger partial charge in [-0.15, -0.1) is 0 Å². The molecule has 1 aromatic heterocycles. The number of halogens is 1. The molecule has 3 aromatic rings. The highest BCUT2D eigenvalue weighted by Crippen LogP contribution is 2.31. The Labute approximate surface area is 178 Å². The summed E-state index contributed by atoms with van der Waals surface area (Å²) < 4.78 is 36.9. The molecular formula is C19H19ClN4O3S2. The first-order valence-corrected chi connectivity index (χ1v) is 11.7. The van der Waals surface area contributed by atoms with E-state index in [1.807, 2.05) is 13.8 Å². The van der Waals surface area contributed by atoms with Gasteiger partial charge in [0.25, 0.3) is 15.9 Å². The van der Waals surface area contributed by atoms with Gasteiger partial charge in [-0.05, 0) is 57.0 Å². The van der Waals surface area contributed by atoms with Crippen LogP contribution in [0.15, 0.2) is 41.3 Å². The molecule has 2 aromatic carbocycles. The largest absolute Gasteiger partial charge is 0.333 e. The van der Waals surface area contributed by atoms with Crippen molar-refractivity contribution in [3.8, 4) is 0 Å². The van der Waals surface area contributed by atoms with Crippen LogP contribution in [0.3, 0.4) is 0 Å². The van der Waals surface area contributed by atoms with Crippen LogP contribution in [-0.4, -0.2) is 40.1 Å². The van der Waals surface area contributed by atoms with Crippen molar-refractivity contribution in [2.75, 3.05) is 4.72 Å². The van der Waals surface area contributed by atoms with Crippen LogP contribution in [0.4, 0.5) is 5.69 Å². The van der Waals surface area contributed by atoms with Crippen LogP contribution in [0, 0.1) is 0 Å². The van der Waals surface area contributed by atoms with Crippen molar-refractivity contribution in [2.24, 2.45) is 0 Å². The number of likely N-dealkylation sites (tertiary alicyclic amines) is 1. The predicted octanol–water partition coefficient (Wildman–Crippen LogP) is 4.16. The van der Waals surface area contributed by atoms with E-state index in [1.54, 1.807) is 29.2 Å². The maximum atomic E-state index is 13.2. The van der Waals surface area contributed by atoms with E-state index in [-0.39, 0.29) is 34.1 Å². The second kappa shape index (κ2) is 7.55. The van der Waals surface area contributed by atoms with Gasteiger partial charge in [-0.25, -0.2) is 8.42 Å². The Balaban J connectivity index is 1.75. The number of rotatable bonds is 4. The minimum Gasteiger partial charge on any atom is -0.333 e. The molecule has 0 bridgehead atoms. The van der Waals surface area contributed by atoms with E-state index < -0.39 is 10.0 Å². The lowest BCUT2D eigenvalue weighted by molar-refractivity contribution is 0.0694. The van der Waals surface area contributed by atoms with E-state index in [9.17, 15) is 13.2 Å². The lowest BCUT2D eigenvalue weighted by atomic mass is 10.1. The van der Waals surface area contributed by atoms with Crippen LogP contribution in [0.1, 0.15) is 37.0 Å². The van der Waals surface area contributed by atoms with E-state index in [2.05, 4.69) is 13.5 Å². The van der Waals surface area contributed by atoms with E-state index in [1.165, 1.54) is 12.1 Å². The van der Waals surface area contributed by atoms with Gasteiger partial charge < -0.3 is 4.90 Å². The van der Waals surface area contributed by atoms with Gasteiger partial charge in [-0.3, -0.25) is 9.52 Å². The molecule has 1 aliphatic heterocycles. The Morgan fingerprint density at radius 2 is 1.90 bits per heavy atom. The number of sulfonamides is 1. The molecular weight excluding hydrogens is 432 g/mol. The fraction of sp³-hybridized carbons (Fsp3) is 0.316. The molecule has 0 spiro atoms. The van der Waals surface area contributed by atoms with E-state index in [0.29, 0.717) is 16.1 Å². The minimum atomic E-state index is -4.01. The van der Waals surface area contributed by atoms with Gasteiger partial charge >= 0.3 is 0 Å². The van der Waals surface area contributed by atoms with Gasteiger partial charge in [0.05, 0.1) is 23.0 Å². The van der Waals surface area contributed by atoms with Crippen LogP contribution in [0.5, 0.6) is 0 Å². The lowest BCUT2D eigenvalue weighted by Gasteiger charge is -2.27. The summed E-state index contributed by atoms with van der Waals surface area (Å²) in [4.78, 5) is 15.0. The van der Waals surface area contributed by atoms with Crippen LogP contribution in [0.2, 0.25) is 5.02 Å². The molecule has 1 N–H and O–H groups in total. The van der Waals surface area contributed by atoms with Crippen molar-refractivity contribution >= 4 is 56.0 Å². The Hall–Kier alpha value is -2.23. The standard InChI is InChI=1S/C19H19ClN4O3S2/c1-11-6-7-12(2)24(11)19(25)14-9-8-13(20)10-16(14)23-29(26,27)17-5-3-4-15-18(17)22-28-21-15/h3-5,8-12,23H,6-7H2,1-2H3. The highest BCUT2D eigenvalue weighted by molar-refractivity contribution is 7.93. The minimum absolute atomic E-state index is 0.00466. The maximum Gasteiger partial charge on any atom is 0.264 e. The third kappa shape index (κ3) is 3.70. The molecule has 1 saturated heterocycles. The zero-order chi connectivity index (χ0) is 20.8. The monoisotopic (exact) mass is 450 g/mol. The summed E-state index contributed by atoms with van der Waals surface area (Å²) in [6, 6.07) is 9.55. The number of anilines is 1. The summed E-state index contributed by atoms with van der Waals surface area (Å²) in [5, 5.41) is 0.329. The molecule has 0 saturated carbocycles. The first-order chi connectivity index (χ1) is 13.8. The summed E-state index contributed by atoms with van der Waals surface area (Å²) in [5.74, 6) is -0.217. The van der Waals surface area contributed by atoms with Crippen molar-refractivity contribution < 1.29 is 13.2 Å². The van der Waals surface area contributed by atoms with Crippen molar-refractivity contribution in [1.29, 1.82) is 0 Å². The van der Waals surface area contributed by atoms with E-state index >= 15 is 0 Å². The van der Waals surface area contributed by atoms with Gasteiger partial charge in [0.2, 0.25) is 0 Å². The number of carbonyl (C=O) groups is 1. The zero-order valence-electron chi connectivity index (χ0n) is 15.8. The molecule has 4 rings (SSSR count). The normalized spacial score (nSPS) is 19.6. The second-order valence-corrected chi connectivity index (χ2v) is 9.79. The van der Waals surface area contributed by atoms with Gasteiger partial charge in [-0.2, -0.15) is 8.75 Å². The number of amides is 1. The summed E-state index contributed by atoms with van der Waals surface area (Å²) in [6.45, 7) is 3.99. The van der Waals surface area contributed by atoms with Gasteiger partial charge in [0.1, 0.15) is 15.9 Å². The number of carbonyl (C=O) groups excluding carboxylic acids is 1. The molecule has 29 heavy (non-hydrogen) atoms. The SMILES string of the molecule is CC1CCC(C)N1C(=O)c1ccc(Cl)cc1NS(=O)(=O)c1cccc2nsnc12. The Kier molecular flexibility index (Phi) is 5.22. The highest BCUT2D eigenvalue weighted by atomic mass is 35.5. The molecule has 0 radical (unpaired) electrons. The number of hydrogen-bond donors (Lipinski definition) is 1. The molecule has 152 valence electrons. The zero-order valence-corrected chi connectivity index (χ0v) is 18.2. The number of nitrogens with zero attached hydrogens (tertiary/aromatic N) is 3. The Morgan fingerprint density at radius 1 is 1.17 bits per heavy atom. The molecule has 0 aliphatic carbocycles. The summed E-state index contributed by atoms with van der Waals surface area (Å²) in [7, 11) is -4.01. The number of fused-ring (bicyclic) bond motifs is 1. The first kappa shape index (κ1) is 20.1. The molecule has 2 atom stereocenters.